The lowest BCUT2D eigenvalue weighted by molar-refractivity contribution is 0.450. The Labute approximate surface area is 107 Å². The van der Waals surface area contributed by atoms with Crippen LogP contribution in [0.2, 0.25) is 0 Å². The minimum absolute atomic E-state index is 0.0970. The van der Waals surface area contributed by atoms with Crippen LogP contribution in [0, 0.1) is 6.92 Å². The van der Waals surface area contributed by atoms with Crippen molar-refractivity contribution in [2.24, 2.45) is 7.05 Å². The summed E-state index contributed by atoms with van der Waals surface area (Å²) >= 11 is 0. The predicted molar refractivity (Wildman–Crippen MR) is 71.3 cm³/mol. The Hall–Kier alpha value is -1.81. The number of phenolic OH excluding ortho intramolecular Hbond substituents is 1. The van der Waals surface area contributed by atoms with Gasteiger partial charge in [0.05, 0.1) is 5.69 Å². The third-order valence-electron chi connectivity index (χ3n) is 3.16. The van der Waals surface area contributed by atoms with Gasteiger partial charge in [0.25, 0.3) is 0 Å². The highest BCUT2D eigenvalue weighted by Crippen LogP contribution is 2.25. The van der Waals surface area contributed by atoms with Crippen molar-refractivity contribution in [3.05, 3.63) is 47.3 Å². The van der Waals surface area contributed by atoms with Crippen molar-refractivity contribution >= 4 is 0 Å². The number of nitrogens with zero attached hydrogens (tertiary/aromatic N) is 2. The second-order valence-electron chi connectivity index (χ2n) is 4.61. The summed E-state index contributed by atoms with van der Waals surface area (Å²) < 4.78 is 1.84. The lowest BCUT2D eigenvalue weighted by Crippen LogP contribution is -2.20. The third kappa shape index (κ3) is 2.71. The van der Waals surface area contributed by atoms with Crippen LogP contribution in [-0.4, -0.2) is 14.9 Å². The van der Waals surface area contributed by atoms with E-state index in [0.717, 1.165) is 23.4 Å². The fourth-order valence-corrected chi connectivity index (χ4v) is 1.96. The Bertz CT molecular complexity index is 534. The Balaban J connectivity index is 2.06. The van der Waals surface area contributed by atoms with Gasteiger partial charge in [0.1, 0.15) is 5.75 Å². The van der Waals surface area contributed by atoms with Gasteiger partial charge in [-0.2, -0.15) is 5.10 Å². The largest absolute Gasteiger partial charge is 0.508 e. The molecule has 0 radical (unpaired) electrons. The molecule has 96 valence electrons. The van der Waals surface area contributed by atoms with Crippen molar-refractivity contribution < 1.29 is 5.11 Å². The maximum absolute atomic E-state index is 9.86. The highest BCUT2D eigenvalue weighted by Gasteiger charge is 2.10. The molecule has 0 saturated heterocycles. The zero-order chi connectivity index (χ0) is 13.1. The van der Waals surface area contributed by atoms with E-state index in [9.17, 15) is 5.11 Å². The fourth-order valence-electron chi connectivity index (χ4n) is 1.96. The van der Waals surface area contributed by atoms with Crippen molar-refractivity contribution in [1.82, 2.24) is 15.1 Å². The van der Waals surface area contributed by atoms with Gasteiger partial charge in [-0.1, -0.05) is 17.7 Å². The first-order valence-corrected chi connectivity index (χ1v) is 6.07. The molecule has 4 nitrogen and oxygen atoms in total. The Kier molecular flexibility index (Phi) is 3.67. The van der Waals surface area contributed by atoms with E-state index < -0.39 is 0 Å². The maximum Gasteiger partial charge on any atom is 0.120 e. The second-order valence-corrected chi connectivity index (χ2v) is 4.61. The van der Waals surface area contributed by atoms with Gasteiger partial charge in [0.15, 0.2) is 0 Å². The molecule has 1 unspecified atom stereocenters. The van der Waals surface area contributed by atoms with Crippen LogP contribution in [0.1, 0.15) is 29.8 Å². The summed E-state index contributed by atoms with van der Waals surface area (Å²) in [5.41, 5.74) is 3.20. The Morgan fingerprint density at radius 2 is 2.17 bits per heavy atom. The molecule has 0 aliphatic heterocycles. The van der Waals surface area contributed by atoms with Gasteiger partial charge < -0.3 is 10.4 Å². The number of aromatic hydroxyl groups is 1. The molecule has 0 spiro atoms. The minimum Gasteiger partial charge on any atom is -0.508 e. The molecule has 0 amide bonds. The van der Waals surface area contributed by atoms with Gasteiger partial charge in [-0.25, -0.2) is 0 Å². The summed E-state index contributed by atoms with van der Waals surface area (Å²) in [6.45, 7) is 4.80. The molecule has 2 rings (SSSR count). The summed E-state index contributed by atoms with van der Waals surface area (Å²) in [4.78, 5) is 0. The van der Waals surface area contributed by atoms with Crippen LogP contribution in [0.25, 0.3) is 0 Å². The number of hydrogen-bond donors (Lipinski definition) is 2. The molecule has 2 aromatic rings. The molecule has 1 heterocycles. The summed E-state index contributed by atoms with van der Waals surface area (Å²) in [6.07, 6.45) is 1.78. The van der Waals surface area contributed by atoms with E-state index in [-0.39, 0.29) is 6.04 Å². The van der Waals surface area contributed by atoms with E-state index in [1.807, 2.05) is 43.8 Å². The number of benzene rings is 1. The van der Waals surface area contributed by atoms with Crippen molar-refractivity contribution in [3.63, 3.8) is 0 Å². The highest BCUT2D eigenvalue weighted by atomic mass is 16.3. The van der Waals surface area contributed by atoms with Gasteiger partial charge in [0, 0.05) is 31.4 Å². The highest BCUT2D eigenvalue weighted by molar-refractivity contribution is 5.37. The van der Waals surface area contributed by atoms with Gasteiger partial charge in [0.2, 0.25) is 0 Å². The fraction of sp³-hybridized carbons (Fsp3) is 0.357. The first-order valence-electron chi connectivity index (χ1n) is 6.07. The molecule has 0 saturated carbocycles. The van der Waals surface area contributed by atoms with Crippen LogP contribution < -0.4 is 5.32 Å². The number of hydrogen-bond acceptors (Lipinski definition) is 3. The van der Waals surface area contributed by atoms with Crippen LogP contribution in [0.3, 0.4) is 0 Å². The van der Waals surface area contributed by atoms with Gasteiger partial charge in [-0.15, -0.1) is 0 Å². The monoisotopic (exact) mass is 245 g/mol. The van der Waals surface area contributed by atoms with E-state index in [2.05, 4.69) is 10.4 Å². The molecule has 2 N–H and O–H groups in total. The van der Waals surface area contributed by atoms with Gasteiger partial charge >= 0.3 is 0 Å². The zero-order valence-electron chi connectivity index (χ0n) is 11.0. The average molecular weight is 245 g/mol. The van der Waals surface area contributed by atoms with Gasteiger partial charge in [-0.3, -0.25) is 4.68 Å². The number of phenols is 1. The van der Waals surface area contributed by atoms with E-state index in [4.69, 9.17) is 0 Å². The molecule has 0 bridgehead atoms. The quantitative estimate of drug-likeness (QED) is 0.869. The van der Waals surface area contributed by atoms with E-state index >= 15 is 0 Å². The molecule has 1 atom stereocenters. The van der Waals surface area contributed by atoms with Crippen molar-refractivity contribution in [2.45, 2.75) is 26.4 Å². The van der Waals surface area contributed by atoms with Gasteiger partial charge in [-0.05, 0) is 26.0 Å². The molecule has 0 aliphatic rings. The minimum atomic E-state index is 0.0970. The van der Waals surface area contributed by atoms with E-state index in [1.165, 1.54) is 0 Å². The number of rotatable bonds is 4. The summed E-state index contributed by atoms with van der Waals surface area (Å²) in [5, 5.41) is 17.4. The predicted octanol–water partition coefficient (Wildman–Crippen LogP) is 2.28. The molecule has 4 heteroatoms. The second kappa shape index (κ2) is 5.23. The van der Waals surface area contributed by atoms with Crippen LogP contribution in [0.4, 0.5) is 0 Å². The van der Waals surface area contributed by atoms with Crippen LogP contribution in [-0.2, 0) is 13.6 Å². The molecule has 18 heavy (non-hydrogen) atoms. The van der Waals surface area contributed by atoms with E-state index in [1.54, 1.807) is 12.3 Å². The van der Waals surface area contributed by atoms with Crippen molar-refractivity contribution in [2.75, 3.05) is 0 Å². The SMILES string of the molecule is Cc1ccc(O)c(C(C)NCc2ccnn2C)c1. The lowest BCUT2D eigenvalue weighted by Gasteiger charge is -2.16. The maximum atomic E-state index is 9.86. The summed E-state index contributed by atoms with van der Waals surface area (Å²) in [5.74, 6) is 0.339. The first kappa shape index (κ1) is 12.6. The number of nitrogens with one attached hydrogen (secondary N) is 1. The third-order valence-corrected chi connectivity index (χ3v) is 3.16. The zero-order valence-corrected chi connectivity index (χ0v) is 11.0. The Morgan fingerprint density at radius 1 is 1.39 bits per heavy atom. The van der Waals surface area contributed by atoms with Crippen molar-refractivity contribution in [1.29, 1.82) is 0 Å². The number of aryl methyl sites for hydroxylation is 2. The smallest absolute Gasteiger partial charge is 0.120 e. The average Bonchev–Trinajstić information content (AvgIpc) is 2.75. The topological polar surface area (TPSA) is 50.1 Å². The molecule has 0 fully saturated rings. The molecular formula is C14H19N3O. The molecular weight excluding hydrogens is 226 g/mol. The Morgan fingerprint density at radius 3 is 2.83 bits per heavy atom. The standard InChI is InChI=1S/C14H19N3O/c1-10-4-5-14(18)13(8-10)11(2)15-9-12-6-7-16-17(12)3/h4-8,11,15,18H,9H2,1-3H3. The van der Waals surface area contributed by atoms with Crippen molar-refractivity contribution in [3.8, 4) is 5.75 Å². The normalized spacial score (nSPS) is 12.6. The summed E-state index contributed by atoms with van der Waals surface area (Å²) in [7, 11) is 1.92. The van der Waals surface area contributed by atoms with Crippen LogP contribution in [0.5, 0.6) is 5.75 Å². The molecule has 1 aromatic carbocycles. The van der Waals surface area contributed by atoms with Crippen LogP contribution in [0.15, 0.2) is 30.5 Å². The summed E-state index contributed by atoms with van der Waals surface area (Å²) in [6, 6.07) is 7.74. The first-order chi connectivity index (χ1) is 8.58. The van der Waals surface area contributed by atoms with Crippen LogP contribution >= 0.6 is 0 Å². The lowest BCUT2D eigenvalue weighted by atomic mass is 10.0. The number of aromatic nitrogens is 2. The van der Waals surface area contributed by atoms with E-state index in [0.29, 0.717) is 5.75 Å². The molecule has 1 aromatic heterocycles. The molecule has 0 aliphatic carbocycles.